The van der Waals surface area contributed by atoms with E-state index in [1.807, 2.05) is 72.8 Å². The van der Waals surface area contributed by atoms with Crippen molar-refractivity contribution in [2.24, 2.45) is 0 Å². The number of H-pyrrole nitrogens is 2. The fourth-order valence-electron chi connectivity index (χ4n) is 3.29. The topological polar surface area (TPSA) is 57.4 Å². The summed E-state index contributed by atoms with van der Waals surface area (Å²) in [4.78, 5) is 16.0. The van der Waals surface area contributed by atoms with Crippen LogP contribution in [0.15, 0.2) is 78.9 Å². The Kier molecular flexibility index (Phi) is 6.25. The van der Waals surface area contributed by atoms with Gasteiger partial charge in [0.2, 0.25) is 0 Å². The number of aromatic nitrogens is 4. The van der Waals surface area contributed by atoms with E-state index in [0.29, 0.717) is 0 Å². The number of hydrogen-bond donors (Lipinski definition) is 2. The van der Waals surface area contributed by atoms with Crippen LogP contribution in [-0.2, 0) is 16.5 Å². The first-order chi connectivity index (χ1) is 14.8. The van der Waals surface area contributed by atoms with E-state index in [-0.39, 0.29) is 16.5 Å². The molecule has 2 aliphatic heterocycles. The van der Waals surface area contributed by atoms with Gasteiger partial charge < -0.3 is 9.97 Å². The van der Waals surface area contributed by atoms with Crippen molar-refractivity contribution in [1.82, 2.24) is 19.9 Å². The summed E-state index contributed by atoms with van der Waals surface area (Å²) < 4.78 is 0. The van der Waals surface area contributed by atoms with Crippen molar-refractivity contribution < 1.29 is 16.5 Å². The number of fused-ring (bicyclic) bond motifs is 8. The molecule has 154 valence electrons. The van der Waals surface area contributed by atoms with Gasteiger partial charge in [-0.3, -0.25) is 0 Å². The molecule has 8 bridgehead atoms. The molecule has 1 aromatic carbocycles. The number of aromatic amines is 2. The van der Waals surface area contributed by atoms with Gasteiger partial charge in [0, 0.05) is 38.6 Å². The maximum atomic E-state index is 4.62. The molecule has 6 rings (SSSR count). The first kappa shape index (κ1) is 20.6. The van der Waals surface area contributed by atoms with E-state index in [9.17, 15) is 0 Å². The van der Waals surface area contributed by atoms with Gasteiger partial charge >= 0.3 is 0 Å². The van der Waals surface area contributed by atoms with Gasteiger partial charge in [-0.2, -0.15) is 36.4 Å². The fourth-order valence-corrected chi connectivity index (χ4v) is 3.29. The Morgan fingerprint density at radius 3 is 1.32 bits per heavy atom. The zero-order valence-electron chi connectivity index (χ0n) is 16.5. The Bertz CT molecular complexity index is 1280. The molecule has 0 saturated heterocycles. The molecule has 4 nitrogen and oxygen atoms in total. The SMILES string of the molecule is C1=Cc2cc3ccc(cc4ccc(cc5nc(cc1n2)C=C5)[nH]4)[nH]3.[Ni].[c-]1ccccc1. The quantitative estimate of drug-likeness (QED) is 0.218. The predicted molar refractivity (Wildman–Crippen MR) is 124 cm³/mol. The van der Waals surface area contributed by atoms with Gasteiger partial charge in [-0.25, -0.2) is 9.97 Å². The normalized spacial score (nSPS) is 11.4. The van der Waals surface area contributed by atoms with E-state index < -0.39 is 0 Å². The van der Waals surface area contributed by atoms with Crippen LogP contribution in [0.5, 0.6) is 0 Å². The Labute approximate surface area is 190 Å². The Balaban J connectivity index is 0.000000288. The first-order valence-electron chi connectivity index (χ1n) is 9.76. The van der Waals surface area contributed by atoms with Crippen LogP contribution in [0.3, 0.4) is 0 Å². The molecule has 0 unspecified atom stereocenters. The van der Waals surface area contributed by atoms with E-state index in [4.69, 9.17) is 0 Å². The minimum Gasteiger partial charge on any atom is -0.355 e. The van der Waals surface area contributed by atoms with Crippen LogP contribution in [0.2, 0.25) is 0 Å². The number of hydrogen-bond acceptors (Lipinski definition) is 2. The number of nitrogens with one attached hydrogen (secondary N) is 2. The van der Waals surface area contributed by atoms with Gasteiger partial charge in [-0.15, -0.1) is 0 Å². The van der Waals surface area contributed by atoms with Crippen molar-refractivity contribution >= 4 is 46.4 Å². The molecular weight excluding hydrogens is 427 g/mol. The molecule has 5 heteroatoms. The maximum Gasteiger partial charge on any atom is 0.0659 e. The van der Waals surface area contributed by atoms with E-state index in [1.54, 1.807) is 0 Å². The van der Waals surface area contributed by atoms with Crippen molar-refractivity contribution in [2.75, 3.05) is 0 Å². The van der Waals surface area contributed by atoms with Crippen molar-refractivity contribution in [3.05, 3.63) is 108 Å². The molecule has 31 heavy (non-hydrogen) atoms. The summed E-state index contributed by atoms with van der Waals surface area (Å²) in [5.41, 5.74) is 7.86. The summed E-state index contributed by atoms with van der Waals surface area (Å²) in [5.74, 6) is 0. The number of rotatable bonds is 0. The second-order valence-corrected chi connectivity index (χ2v) is 6.98. The molecule has 0 fully saturated rings. The summed E-state index contributed by atoms with van der Waals surface area (Å²) in [5, 5.41) is 0. The standard InChI is InChI=1S/C20H14N4.C6H5.Ni/c1-2-14-10-16-5-6-18(23-16)12-20-8-7-19(24-20)11-17-4-3-15(22-17)9-13(1)21-14;1-2-4-6-5-3-1;/h1-12,21-22H;1-5H;/q;-1;. The molecule has 3 aromatic heterocycles. The van der Waals surface area contributed by atoms with Gasteiger partial charge in [0.1, 0.15) is 0 Å². The van der Waals surface area contributed by atoms with Crippen LogP contribution >= 0.6 is 0 Å². The molecule has 0 aliphatic carbocycles. The molecule has 5 heterocycles. The second kappa shape index (κ2) is 9.42. The molecule has 0 atom stereocenters. The van der Waals surface area contributed by atoms with Crippen molar-refractivity contribution in [3.63, 3.8) is 0 Å². The zero-order chi connectivity index (χ0) is 20.2. The molecule has 0 radical (unpaired) electrons. The molecule has 2 aliphatic rings. The van der Waals surface area contributed by atoms with Crippen molar-refractivity contribution in [1.29, 1.82) is 0 Å². The first-order valence-corrected chi connectivity index (χ1v) is 9.76. The third-order valence-electron chi connectivity index (χ3n) is 4.65. The summed E-state index contributed by atoms with van der Waals surface area (Å²) in [6.07, 6.45) is 8.05. The summed E-state index contributed by atoms with van der Waals surface area (Å²) in [7, 11) is 0. The molecule has 2 N–H and O–H groups in total. The van der Waals surface area contributed by atoms with Crippen molar-refractivity contribution in [3.8, 4) is 0 Å². The summed E-state index contributed by atoms with van der Waals surface area (Å²) >= 11 is 0. The molecule has 4 aromatic rings. The van der Waals surface area contributed by atoms with E-state index in [2.05, 4.69) is 56.3 Å². The second-order valence-electron chi connectivity index (χ2n) is 6.98. The average molecular weight is 446 g/mol. The Morgan fingerprint density at radius 2 is 0.935 bits per heavy atom. The van der Waals surface area contributed by atoms with E-state index >= 15 is 0 Å². The van der Waals surface area contributed by atoms with Gasteiger partial charge in [0.25, 0.3) is 0 Å². The summed E-state index contributed by atoms with van der Waals surface area (Å²) in [6.45, 7) is 0. The minimum absolute atomic E-state index is 0. The van der Waals surface area contributed by atoms with Gasteiger partial charge in [-0.1, -0.05) is 0 Å². The monoisotopic (exact) mass is 445 g/mol. The summed E-state index contributed by atoms with van der Waals surface area (Å²) in [6, 6.07) is 28.9. The molecule has 0 saturated carbocycles. The van der Waals surface area contributed by atoms with Crippen LogP contribution in [0, 0.1) is 6.07 Å². The van der Waals surface area contributed by atoms with Crippen molar-refractivity contribution in [2.45, 2.75) is 0 Å². The third-order valence-corrected chi connectivity index (χ3v) is 4.65. The van der Waals surface area contributed by atoms with Crippen LogP contribution in [-0.4, -0.2) is 19.9 Å². The van der Waals surface area contributed by atoms with Gasteiger partial charge in [-0.05, 0) is 72.8 Å². The molecule has 0 amide bonds. The van der Waals surface area contributed by atoms with Crippen LogP contribution in [0.1, 0.15) is 22.8 Å². The third kappa shape index (κ3) is 5.27. The van der Waals surface area contributed by atoms with Crippen LogP contribution in [0.4, 0.5) is 0 Å². The number of nitrogens with zero attached hydrogens (tertiary/aromatic N) is 2. The Morgan fingerprint density at radius 1 is 0.516 bits per heavy atom. The van der Waals surface area contributed by atoms with Gasteiger partial charge in [0.05, 0.1) is 22.8 Å². The largest absolute Gasteiger partial charge is 0.355 e. The number of benzene rings is 1. The zero-order valence-corrected chi connectivity index (χ0v) is 17.5. The van der Waals surface area contributed by atoms with Crippen LogP contribution < -0.4 is 0 Å². The minimum atomic E-state index is 0. The Hall–Kier alpha value is -3.69. The van der Waals surface area contributed by atoms with Crippen LogP contribution in [0.25, 0.3) is 46.4 Å². The maximum absolute atomic E-state index is 4.62. The predicted octanol–water partition coefficient (Wildman–Crippen LogP) is 6.14. The molecular formula is C26H19N4Ni-. The van der Waals surface area contributed by atoms with E-state index in [0.717, 1.165) is 44.8 Å². The van der Waals surface area contributed by atoms with E-state index in [1.165, 1.54) is 0 Å². The fraction of sp³-hybridized carbons (Fsp3) is 0. The smallest absolute Gasteiger partial charge is 0.0659 e. The average Bonchev–Trinajstić information content (AvgIpc) is 3.56. The van der Waals surface area contributed by atoms with Gasteiger partial charge in [0.15, 0.2) is 0 Å². The molecule has 0 spiro atoms.